The van der Waals surface area contributed by atoms with Gasteiger partial charge in [-0.05, 0) is 47.6 Å². The SMILES string of the molecule is C[C@@H]1Cc2ccccc2N1C(=O)c1nn(C)cc1I. The number of aryl methyl sites for hydroxylation is 1. The number of nitrogens with zero attached hydrogens (tertiary/aromatic N) is 3. The molecular weight excluding hydrogens is 353 g/mol. The average molecular weight is 367 g/mol. The smallest absolute Gasteiger partial charge is 0.280 e. The molecule has 2 aromatic rings. The minimum atomic E-state index is -0.0116. The number of fused-ring (bicyclic) bond motifs is 1. The summed E-state index contributed by atoms with van der Waals surface area (Å²) in [5, 5.41) is 4.28. The van der Waals surface area contributed by atoms with Crippen molar-refractivity contribution in [1.82, 2.24) is 9.78 Å². The number of benzene rings is 1. The second kappa shape index (κ2) is 4.63. The molecule has 0 N–H and O–H groups in total. The van der Waals surface area contributed by atoms with E-state index in [0.717, 1.165) is 15.7 Å². The lowest BCUT2D eigenvalue weighted by molar-refractivity contribution is 0.0975. The number of para-hydroxylation sites is 1. The van der Waals surface area contributed by atoms with Crippen LogP contribution in [0.3, 0.4) is 0 Å². The normalized spacial score (nSPS) is 17.6. The van der Waals surface area contributed by atoms with Crippen molar-refractivity contribution in [2.45, 2.75) is 19.4 Å². The van der Waals surface area contributed by atoms with E-state index in [4.69, 9.17) is 0 Å². The Morgan fingerprint density at radius 3 is 2.84 bits per heavy atom. The number of rotatable bonds is 1. The third-order valence-corrected chi connectivity index (χ3v) is 4.20. The first-order chi connectivity index (χ1) is 9.08. The molecule has 1 aromatic heterocycles. The minimum Gasteiger partial charge on any atom is -0.304 e. The maximum atomic E-state index is 12.7. The fourth-order valence-electron chi connectivity index (χ4n) is 2.59. The van der Waals surface area contributed by atoms with Crippen LogP contribution in [0.5, 0.6) is 0 Å². The fraction of sp³-hybridized carbons (Fsp3) is 0.286. The maximum absolute atomic E-state index is 12.7. The number of hydrogen-bond donors (Lipinski definition) is 0. The summed E-state index contributed by atoms with van der Waals surface area (Å²) in [5.74, 6) is -0.0116. The van der Waals surface area contributed by atoms with E-state index in [1.807, 2.05) is 36.3 Å². The monoisotopic (exact) mass is 367 g/mol. The van der Waals surface area contributed by atoms with Crippen LogP contribution in [0, 0.1) is 3.57 Å². The molecule has 5 heteroatoms. The zero-order valence-corrected chi connectivity index (χ0v) is 13.0. The number of aromatic nitrogens is 2. The van der Waals surface area contributed by atoms with Crippen molar-refractivity contribution in [3.8, 4) is 0 Å². The van der Waals surface area contributed by atoms with Crippen LogP contribution in [0.25, 0.3) is 0 Å². The van der Waals surface area contributed by atoms with Crippen molar-refractivity contribution in [2.24, 2.45) is 7.05 Å². The standard InChI is InChI=1S/C14H14IN3O/c1-9-7-10-5-3-4-6-12(10)18(9)14(19)13-11(15)8-17(2)16-13/h3-6,8-9H,7H2,1-2H3/t9-/m1/s1. The fourth-order valence-corrected chi connectivity index (χ4v) is 3.34. The summed E-state index contributed by atoms with van der Waals surface area (Å²) in [6, 6.07) is 8.27. The molecule has 1 aliphatic heterocycles. The van der Waals surface area contributed by atoms with Crippen molar-refractivity contribution >= 4 is 34.2 Å². The number of carbonyl (C=O) groups excluding carboxylic acids is 1. The highest BCUT2D eigenvalue weighted by atomic mass is 127. The van der Waals surface area contributed by atoms with Gasteiger partial charge >= 0.3 is 0 Å². The first kappa shape index (κ1) is 12.7. The zero-order valence-electron chi connectivity index (χ0n) is 10.8. The molecule has 1 aromatic carbocycles. The highest BCUT2D eigenvalue weighted by Crippen LogP contribution is 2.33. The Kier molecular flexibility index (Phi) is 3.08. The summed E-state index contributed by atoms with van der Waals surface area (Å²) in [5.41, 5.74) is 2.78. The molecule has 0 fully saturated rings. The Labute approximate surface area is 125 Å². The van der Waals surface area contributed by atoms with Crippen molar-refractivity contribution in [2.75, 3.05) is 4.90 Å². The topological polar surface area (TPSA) is 38.1 Å². The van der Waals surface area contributed by atoms with E-state index in [-0.39, 0.29) is 11.9 Å². The van der Waals surface area contributed by atoms with Crippen LogP contribution in [0.4, 0.5) is 5.69 Å². The minimum absolute atomic E-state index is 0.0116. The molecule has 98 valence electrons. The maximum Gasteiger partial charge on any atom is 0.280 e. The van der Waals surface area contributed by atoms with E-state index in [1.165, 1.54) is 5.56 Å². The molecular formula is C14H14IN3O. The number of hydrogen-bond acceptors (Lipinski definition) is 2. The van der Waals surface area contributed by atoms with E-state index in [1.54, 1.807) is 4.68 Å². The van der Waals surface area contributed by atoms with Crippen molar-refractivity contribution < 1.29 is 4.79 Å². The second-order valence-electron chi connectivity index (χ2n) is 4.86. The molecule has 0 saturated carbocycles. The number of amides is 1. The van der Waals surface area contributed by atoms with Crippen molar-refractivity contribution in [1.29, 1.82) is 0 Å². The molecule has 0 bridgehead atoms. The highest BCUT2D eigenvalue weighted by molar-refractivity contribution is 14.1. The third kappa shape index (κ3) is 2.05. The predicted octanol–water partition coefficient (Wildman–Crippen LogP) is 2.62. The van der Waals surface area contributed by atoms with E-state index < -0.39 is 0 Å². The summed E-state index contributed by atoms with van der Waals surface area (Å²) < 4.78 is 2.57. The Morgan fingerprint density at radius 2 is 2.16 bits per heavy atom. The molecule has 1 atom stereocenters. The molecule has 0 aliphatic carbocycles. The van der Waals surface area contributed by atoms with Crippen LogP contribution in [0.15, 0.2) is 30.5 Å². The molecule has 0 unspecified atom stereocenters. The third-order valence-electron chi connectivity index (χ3n) is 3.41. The van der Waals surface area contributed by atoms with Gasteiger partial charge in [0, 0.05) is 25.0 Å². The first-order valence-electron chi connectivity index (χ1n) is 6.18. The average Bonchev–Trinajstić information content (AvgIpc) is 2.87. The lowest BCUT2D eigenvalue weighted by Crippen LogP contribution is -2.36. The Hall–Kier alpha value is -1.37. The van der Waals surface area contributed by atoms with Gasteiger partial charge in [-0.25, -0.2) is 0 Å². The largest absolute Gasteiger partial charge is 0.304 e. The van der Waals surface area contributed by atoms with Gasteiger partial charge in [-0.3, -0.25) is 9.48 Å². The molecule has 3 rings (SSSR count). The van der Waals surface area contributed by atoms with E-state index in [9.17, 15) is 4.79 Å². The van der Waals surface area contributed by atoms with E-state index >= 15 is 0 Å². The molecule has 0 saturated heterocycles. The van der Waals surface area contributed by atoms with Crippen LogP contribution >= 0.6 is 22.6 Å². The van der Waals surface area contributed by atoms with Crippen LogP contribution in [0.1, 0.15) is 23.0 Å². The number of halogens is 1. The summed E-state index contributed by atoms with van der Waals surface area (Å²) >= 11 is 2.16. The van der Waals surface area contributed by atoms with Gasteiger partial charge in [0.05, 0.1) is 3.57 Å². The lowest BCUT2D eigenvalue weighted by atomic mass is 10.1. The predicted molar refractivity (Wildman–Crippen MR) is 82.3 cm³/mol. The highest BCUT2D eigenvalue weighted by Gasteiger charge is 2.33. The van der Waals surface area contributed by atoms with Crippen LogP contribution in [0.2, 0.25) is 0 Å². The summed E-state index contributed by atoms with van der Waals surface area (Å²) in [7, 11) is 1.83. The van der Waals surface area contributed by atoms with Gasteiger partial charge < -0.3 is 4.90 Å². The number of carbonyl (C=O) groups is 1. The Balaban J connectivity index is 2.03. The van der Waals surface area contributed by atoms with Gasteiger partial charge in [-0.2, -0.15) is 5.10 Å². The summed E-state index contributed by atoms with van der Waals surface area (Å²) in [6.07, 6.45) is 2.77. The quantitative estimate of drug-likeness (QED) is 0.727. The first-order valence-corrected chi connectivity index (χ1v) is 7.26. The van der Waals surface area contributed by atoms with Gasteiger partial charge in [0.15, 0.2) is 5.69 Å². The molecule has 4 nitrogen and oxygen atoms in total. The van der Waals surface area contributed by atoms with Gasteiger partial charge in [-0.15, -0.1) is 0 Å². The van der Waals surface area contributed by atoms with Crippen molar-refractivity contribution in [3.05, 3.63) is 45.3 Å². The molecule has 0 radical (unpaired) electrons. The second-order valence-corrected chi connectivity index (χ2v) is 6.02. The summed E-state index contributed by atoms with van der Waals surface area (Å²) in [6.45, 7) is 2.08. The molecule has 19 heavy (non-hydrogen) atoms. The number of anilines is 1. The van der Waals surface area contributed by atoms with Crippen LogP contribution in [-0.2, 0) is 13.5 Å². The Bertz CT molecular complexity index is 650. The summed E-state index contributed by atoms with van der Waals surface area (Å²) in [4.78, 5) is 14.6. The van der Waals surface area contributed by atoms with Gasteiger partial charge in [0.1, 0.15) is 0 Å². The zero-order chi connectivity index (χ0) is 13.6. The van der Waals surface area contributed by atoms with E-state index in [2.05, 4.69) is 40.7 Å². The molecule has 2 heterocycles. The van der Waals surface area contributed by atoms with Gasteiger partial charge in [-0.1, -0.05) is 18.2 Å². The Morgan fingerprint density at radius 1 is 1.42 bits per heavy atom. The molecule has 1 aliphatic rings. The lowest BCUT2D eigenvalue weighted by Gasteiger charge is -2.21. The van der Waals surface area contributed by atoms with Crippen LogP contribution in [-0.4, -0.2) is 21.7 Å². The van der Waals surface area contributed by atoms with Gasteiger partial charge in [0.2, 0.25) is 0 Å². The van der Waals surface area contributed by atoms with Crippen molar-refractivity contribution in [3.63, 3.8) is 0 Å². The molecule has 0 spiro atoms. The van der Waals surface area contributed by atoms with E-state index in [0.29, 0.717) is 5.69 Å². The van der Waals surface area contributed by atoms with Gasteiger partial charge in [0.25, 0.3) is 5.91 Å². The molecule has 1 amide bonds. The van der Waals surface area contributed by atoms with Crippen LogP contribution < -0.4 is 4.90 Å².